The summed E-state index contributed by atoms with van der Waals surface area (Å²) in [6.45, 7) is 0. The molecule has 0 saturated carbocycles. The average Bonchev–Trinajstić information content (AvgIpc) is 2.40. The summed E-state index contributed by atoms with van der Waals surface area (Å²) >= 11 is 7.72. The Bertz CT molecular complexity index is 808. The Morgan fingerprint density at radius 1 is 1.19 bits per heavy atom. The van der Waals surface area contributed by atoms with Crippen LogP contribution < -0.4 is 4.72 Å². The predicted molar refractivity (Wildman–Crippen MR) is 88.4 cm³/mol. The lowest BCUT2D eigenvalue weighted by atomic mass is 10.2. The van der Waals surface area contributed by atoms with Crippen LogP contribution in [0.3, 0.4) is 0 Å². The zero-order valence-electron chi connectivity index (χ0n) is 10.4. The molecule has 0 unspecified atom stereocenters. The van der Waals surface area contributed by atoms with E-state index in [4.69, 9.17) is 16.7 Å². The molecule has 0 aromatic heterocycles. The van der Waals surface area contributed by atoms with Gasteiger partial charge in [-0.1, -0.05) is 17.7 Å². The van der Waals surface area contributed by atoms with Gasteiger partial charge in [-0.15, -0.1) is 0 Å². The number of hydrogen-bond donors (Lipinski definition) is 2. The second-order valence-corrected chi connectivity index (χ2v) is 7.42. The quantitative estimate of drug-likeness (QED) is 0.718. The molecule has 110 valence electrons. The van der Waals surface area contributed by atoms with Crippen LogP contribution >= 0.6 is 34.2 Å². The van der Waals surface area contributed by atoms with Crippen molar-refractivity contribution in [1.82, 2.24) is 0 Å². The maximum absolute atomic E-state index is 12.2. The molecule has 0 radical (unpaired) electrons. The van der Waals surface area contributed by atoms with Crippen molar-refractivity contribution in [2.24, 2.45) is 0 Å². The molecule has 0 aliphatic carbocycles. The van der Waals surface area contributed by atoms with Gasteiger partial charge in [-0.05, 0) is 59.0 Å². The summed E-state index contributed by atoms with van der Waals surface area (Å²) in [6.07, 6.45) is 0. The number of halogens is 2. The van der Waals surface area contributed by atoms with Crippen molar-refractivity contribution >= 4 is 55.9 Å². The molecule has 0 amide bonds. The van der Waals surface area contributed by atoms with Crippen LogP contribution in [0.15, 0.2) is 47.4 Å². The van der Waals surface area contributed by atoms with Gasteiger partial charge >= 0.3 is 5.97 Å². The monoisotopic (exact) mass is 437 g/mol. The van der Waals surface area contributed by atoms with Gasteiger partial charge in [-0.2, -0.15) is 0 Å². The van der Waals surface area contributed by atoms with Crippen molar-refractivity contribution < 1.29 is 18.3 Å². The molecule has 2 rings (SSSR count). The highest BCUT2D eigenvalue weighted by Crippen LogP contribution is 2.23. The zero-order valence-corrected chi connectivity index (χ0v) is 14.1. The minimum Gasteiger partial charge on any atom is -0.478 e. The van der Waals surface area contributed by atoms with Crippen LogP contribution in [0.5, 0.6) is 0 Å². The van der Waals surface area contributed by atoms with Crippen molar-refractivity contribution in [3.63, 3.8) is 0 Å². The van der Waals surface area contributed by atoms with E-state index in [-0.39, 0.29) is 21.2 Å². The first kappa shape index (κ1) is 16.1. The zero-order chi connectivity index (χ0) is 15.6. The van der Waals surface area contributed by atoms with Crippen molar-refractivity contribution in [2.75, 3.05) is 4.72 Å². The number of sulfonamides is 1. The van der Waals surface area contributed by atoms with Gasteiger partial charge < -0.3 is 5.11 Å². The predicted octanol–water partition coefficient (Wildman–Crippen LogP) is 3.44. The number of carbonyl (C=O) groups is 1. The molecule has 0 spiro atoms. The molecule has 0 atom stereocenters. The highest BCUT2D eigenvalue weighted by atomic mass is 127. The number of benzene rings is 2. The fourth-order valence-electron chi connectivity index (χ4n) is 1.62. The van der Waals surface area contributed by atoms with E-state index in [9.17, 15) is 13.2 Å². The smallest absolute Gasteiger partial charge is 0.337 e. The number of nitrogens with one attached hydrogen (secondary N) is 1. The number of carboxylic acids is 1. The van der Waals surface area contributed by atoms with Crippen LogP contribution in [-0.2, 0) is 10.0 Å². The second-order valence-electron chi connectivity index (χ2n) is 4.06. The Kier molecular flexibility index (Phi) is 4.74. The first-order valence-corrected chi connectivity index (χ1v) is 8.55. The first-order chi connectivity index (χ1) is 9.79. The van der Waals surface area contributed by atoms with Crippen LogP contribution in [0.4, 0.5) is 5.69 Å². The van der Waals surface area contributed by atoms with Crippen LogP contribution in [0.2, 0.25) is 5.02 Å². The molecule has 2 aromatic rings. The fraction of sp³-hybridized carbons (Fsp3) is 0. The topological polar surface area (TPSA) is 83.5 Å². The van der Waals surface area contributed by atoms with Gasteiger partial charge in [0.05, 0.1) is 16.1 Å². The molecule has 0 aliphatic rings. The summed E-state index contributed by atoms with van der Waals surface area (Å²) in [5.41, 5.74) is -0.115. The van der Waals surface area contributed by atoms with Gasteiger partial charge in [0, 0.05) is 8.59 Å². The molecule has 0 heterocycles. The highest BCUT2D eigenvalue weighted by molar-refractivity contribution is 14.1. The average molecular weight is 438 g/mol. The number of hydrogen-bond acceptors (Lipinski definition) is 3. The van der Waals surface area contributed by atoms with E-state index < -0.39 is 16.0 Å². The minimum atomic E-state index is -3.90. The van der Waals surface area contributed by atoms with Crippen molar-refractivity contribution in [1.29, 1.82) is 0 Å². The fourth-order valence-corrected chi connectivity index (χ4v) is 3.49. The summed E-state index contributed by atoms with van der Waals surface area (Å²) in [7, 11) is -3.90. The van der Waals surface area contributed by atoms with E-state index >= 15 is 0 Å². The molecule has 0 saturated heterocycles. The Labute approximate surface area is 140 Å². The van der Waals surface area contributed by atoms with Gasteiger partial charge in [-0.25, -0.2) is 13.2 Å². The first-order valence-electron chi connectivity index (χ1n) is 5.61. The Morgan fingerprint density at radius 2 is 1.90 bits per heavy atom. The van der Waals surface area contributed by atoms with E-state index in [1.165, 1.54) is 30.3 Å². The summed E-state index contributed by atoms with van der Waals surface area (Å²) < 4.78 is 27.5. The highest BCUT2D eigenvalue weighted by Gasteiger charge is 2.19. The molecule has 0 bridgehead atoms. The van der Waals surface area contributed by atoms with Crippen molar-refractivity contribution in [2.45, 2.75) is 4.90 Å². The van der Waals surface area contributed by atoms with Gasteiger partial charge in [0.25, 0.3) is 10.0 Å². The normalized spacial score (nSPS) is 11.1. The Balaban J connectivity index is 2.44. The van der Waals surface area contributed by atoms with E-state index in [1.807, 2.05) is 22.6 Å². The number of anilines is 1. The molecular weight excluding hydrogens is 429 g/mol. The van der Waals surface area contributed by atoms with Crippen LogP contribution in [0.1, 0.15) is 10.4 Å². The standard InChI is InChI=1S/C13H9ClINO4S/c14-8-2-1-3-10(6-8)21(19,20)16-12-5-4-9(15)7-11(12)13(17)18/h1-7,16H,(H,17,18). The summed E-state index contributed by atoms with van der Waals surface area (Å²) in [5.74, 6) is -1.21. The second kappa shape index (κ2) is 6.20. The van der Waals surface area contributed by atoms with Gasteiger partial charge in [0.2, 0.25) is 0 Å². The maximum Gasteiger partial charge on any atom is 0.337 e. The van der Waals surface area contributed by atoms with Gasteiger partial charge in [0.1, 0.15) is 0 Å². The molecule has 2 aromatic carbocycles. The van der Waals surface area contributed by atoms with Crippen molar-refractivity contribution in [3.05, 3.63) is 56.6 Å². The lowest BCUT2D eigenvalue weighted by Crippen LogP contribution is -2.15. The third-order valence-electron chi connectivity index (χ3n) is 2.56. The minimum absolute atomic E-state index is 0.00268. The lowest BCUT2D eigenvalue weighted by molar-refractivity contribution is 0.0698. The van der Waals surface area contributed by atoms with Crippen LogP contribution in [0, 0.1) is 3.57 Å². The Hall–Kier alpha value is -1.32. The SMILES string of the molecule is O=C(O)c1cc(I)ccc1NS(=O)(=O)c1cccc(Cl)c1. The molecule has 21 heavy (non-hydrogen) atoms. The number of carboxylic acid groups (broad SMARTS) is 1. The molecule has 0 fully saturated rings. The molecule has 8 heteroatoms. The third-order valence-corrected chi connectivity index (χ3v) is 4.83. The van der Waals surface area contributed by atoms with Crippen molar-refractivity contribution in [3.8, 4) is 0 Å². The van der Waals surface area contributed by atoms with Gasteiger partial charge in [0.15, 0.2) is 0 Å². The van der Waals surface area contributed by atoms with E-state index in [1.54, 1.807) is 12.1 Å². The van der Waals surface area contributed by atoms with E-state index in [0.717, 1.165) is 0 Å². The Morgan fingerprint density at radius 3 is 2.52 bits per heavy atom. The summed E-state index contributed by atoms with van der Waals surface area (Å²) in [4.78, 5) is 11.2. The van der Waals surface area contributed by atoms with Crippen LogP contribution in [0.25, 0.3) is 0 Å². The number of aromatic carboxylic acids is 1. The lowest BCUT2D eigenvalue weighted by Gasteiger charge is -2.11. The third kappa shape index (κ3) is 3.86. The number of rotatable bonds is 4. The maximum atomic E-state index is 12.2. The largest absolute Gasteiger partial charge is 0.478 e. The summed E-state index contributed by atoms with van der Waals surface area (Å²) in [6, 6.07) is 10.1. The molecule has 0 aliphatic heterocycles. The molecular formula is C13H9ClINO4S. The van der Waals surface area contributed by atoms with E-state index in [2.05, 4.69) is 4.72 Å². The van der Waals surface area contributed by atoms with E-state index in [0.29, 0.717) is 3.57 Å². The summed E-state index contributed by atoms with van der Waals surface area (Å²) in [5, 5.41) is 9.42. The van der Waals surface area contributed by atoms with Crippen LogP contribution in [-0.4, -0.2) is 19.5 Å². The van der Waals surface area contributed by atoms with Gasteiger partial charge in [-0.3, -0.25) is 4.72 Å². The molecule has 2 N–H and O–H groups in total. The molecule has 5 nitrogen and oxygen atoms in total.